The van der Waals surface area contributed by atoms with Gasteiger partial charge in [-0.15, -0.1) is 0 Å². The third-order valence-electron chi connectivity index (χ3n) is 2.05. The van der Waals surface area contributed by atoms with Crippen molar-refractivity contribution in [3.8, 4) is 5.75 Å². The number of carboxylic acids is 1. The summed E-state index contributed by atoms with van der Waals surface area (Å²) in [4.78, 5) is 10.8. The zero-order chi connectivity index (χ0) is 11.4. The van der Waals surface area contributed by atoms with E-state index in [1.54, 1.807) is 25.1 Å². The maximum Gasteiger partial charge on any atom is 0.344 e. The van der Waals surface area contributed by atoms with Gasteiger partial charge in [-0.3, -0.25) is 0 Å². The summed E-state index contributed by atoms with van der Waals surface area (Å²) in [7, 11) is 0. The van der Waals surface area contributed by atoms with E-state index >= 15 is 0 Å². The Morgan fingerprint density at radius 3 is 2.73 bits per heavy atom. The molecule has 0 heterocycles. The second kappa shape index (κ2) is 5.03. The topological polar surface area (TPSA) is 46.5 Å². The first kappa shape index (κ1) is 11.9. The van der Waals surface area contributed by atoms with E-state index in [-0.39, 0.29) is 0 Å². The smallest absolute Gasteiger partial charge is 0.344 e. The van der Waals surface area contributed by atoms with E-state index < -0.39 is 12.1 Å². The van der Waals surface area contributed by atoms with Gasteiger partial charge in [0.1, 0.15) is 5.75 Å². The number of hydrogen-bond donors (Lipinski definition) is 1. The highest BCUT2D eigenvalue weighted by Gasteiger charge is 2.17. The van der Waals surface area contributed by atoms with Crippen LogP contribution in [0.4, 0.5) is 0 Å². The van der Waals surface area contributed by atoms with Crippen LogP contribution in [0, 0.1) is 6.92 Å². The van der Waals surface area contributed by atoms with Gasteiger partial charge in [0, 0.05) is 5.02 Å². The quantitative estimate of drug-likeness (QED) is 0.862. The fourth-order valence-corrected chi connectivity index (χ4v) is 1.43. The molecular weight excluding hydrogens is 216 g/mol. The van der Waals surface area contributed by atoms with E-state index in [1.165, 1.54) is 0 Å². The molecule has 0 aliphatic heterocycles. The lowest BCUT2D eigenvalue weighted by Crippen LogP contribution is -2.26. The van der Waals surface area contributed by atoms with Crippen LogP contribution in [0.3, 0.4) is 0 Å². The number of benzene rings is 1. The van der Waals surface area contributed by atoms with E-state index in [1.807, 2.05) is 6.92 Å². The van der Waals surface area contributed by atoms with Crippen LogP contribution in [0.25, 0.3) is 0 Å². The van der Waals surface area contributed by atoms with E-state index in [4.69, 9.17) is 21.4 Å². The zero-order valence-corrected chi connectivity index (χ0v) is 9.41. The van der Waals surface area contributed by atoms with Crippen LogP contribution in [0.15, 0.2) is 18.2 Å². The third kappa shape index (κ3) is 3.13. The van der Waals surface area contributed by atoms with Gasteiger partial charge in [0.2, 0.25) is 0 Å². The molecule has 0 radical (unpaired) electrons. The maximum absolute atomic E-state index is 10.8. The van der Waals surface area contributed by atoms with E-state index in [0.29, 0.717) is 17.2 Å². The van der Waals surface area contributed by atoms with Gasteiger partial charge < -0.3 is 9.84 Å². The van der Waals surface area contributed by atoms with Crippen molar-refractivity contribution in [1.82, 2.24) is 0 Å². The fraction of sp³-hybridized carbons (Fsp3) is 0.364. The minimum absolute atomic E-state index is 0.428. The van der Waals surface area contributed by atoms with Gasteiger partial charge in [-0.05, 0) is 37.1 Å². The van der Waals surface area contributed by atoms with Crippen LogP contribution in [0.2, 0.25) is 5.02 Å². The normalized spacial score (nSPS) is 12.2. The van der Waals surface area contributed by atoms with Gasteiger partial charge in [-0.25, -0.2) is 4.79 Å². The predicted molar refractivity (Wildman–Crippen MR) is 58.5 cm³/mol. The van der Waals surface area contributed by atoms with Gasteiger partial charge in [0.25, 0.3) is 0 Å². The first-order chi connectivity index (χ1) is 7.04. The molecule has 82 valence electrons. The molecule has 0 aliphatic carbocycles. The maximum atomic E-state index is 10.8. The second-order valence-corrected chi connectivity index (χ2v) is 3.70. The number of halogens is 1. The summed E-state index contributed by atoms with van der Waals surface area (Å²) in [6.07, 6.45) is -0.373. The molecule has 0 saturated heterocycles. The minimum Gasteiger partial charge on any atom is -0.479 e. The summed E-state index contributed by atoms with van der Waals surface area (Å²) in [6, 6.07) is 5.10. The molecule has 0 saturated carbocycles. The molecule has 0 unspecified atom stereocenters. The van der Waals surface area contributed by atoms with Crippen molar-refractivity contribution in [1.29, 1.82) is 0 Å². The van der Waals surface area contributed by atoms with Crippen molar-refractivity contribution >= 4 is 17.6 Å². The molecule has 0 fully saturated rings. The van der Waals surface area contributed by atoms with Crippen LogP contribution in [0.5, 0.6) is 5.75 Å². The average Bonchev–Trinajstić information content (AvgIpc) is 2.16. The van der Waals surface area contributed by atoms with E-state index in [2.05, 4.69) is 0 Å². The average molecular weight is 229 g/mol. The van der Waals surface area contributed by atoms with Crippen LogP contribution < -0.4 is 4.74 Å². The van der Waals surface area contributed by atoms with Crippen LogP contribution in [-0.2, 0) is 4.79 Å². The van der Waals surface area contributed by atoms with Crippen molar-refractivity contribution in [3.05, 3.63) is 28.8 Å². The highest BCUT2D eigenvalue weighted by Crippen LogP contribution is 2.23. The van der Waals surface area contributed by atoms with Gasteiger partial charge in [0.15, 0.2) is 6.10 Å². The van der Waals surface area contributed by atoms with Crippen LogP contribution in [-0.4, -0.2) is 17.2 Å². The van der Waals surface area contributed by atoms with Crippen molar-refractivity contribution in [2.45, 2.75) is 26.4 Å². The Bertz CT molecular complexity index is 363. The Hall–Kier alpha value is -1.22. The van der Waals surface area contributed by atoms with E-state index in [9.17, 15) is 4.79 Å². The van der Waals surface area contributed by atoms with Gasteiger partial charge in [0.05, 0.1) is 0 Å². The molecule has 1 atom stereocenters. The van der Waals surface area contributed by atoms with E-state index in [0.717, 1.165) is 5.56 Å². The number of rotatable bonds is 4. The van der Waals surface area contributed by atoms with Gasteiger partial charge in [-0.2, -0.15) is 0 Å². The summed E-state index contributed by atoms with van der Waals surface area (Å²) in [5.74, 6) is -0.388. The number of carboxylic acid groups (broad SMARTS) is 1. The molecule has 0 amide bonds. The van der Waals surface area contributed by atoms with Crippen LogP contribution >= 0.6 is 11.6 Å². The summed E-state index contributed by atoms with van der Waals surface area (Å²) in [6.45, 7) is 3.60. The first-order valence-electron chi connectivity index (χ1n) is 4.70. The summed E-state index contributed by atoms with van der Waals surface area (Å²) in [5.41, 5.74) is 0.835. The number of carbonyl (C=O) groups is 1. The SMILES string of the molecule is CC[C@@H](Oc1ccc(Cl)cc1C)C(=O)O. The molecule has 1 aromatic carbocycles. The summed E-state index contributed by atoms with van der Waals surface area (Å²) >= 11 is 5.78. The largest absolute Gasteiger partial charge is 0.479 e. The second-order valence-electron chi connectivity index (χ2n) is 3.26. The third-order valence-corrected chi connectivity index (χ3v) is 2.29. The van der Waals surface area contributed by atoms with Crippen molar-refractivity contribution in [2.75, 3.05) is 0 Å². The van der Waals surface area contributed by atoms with Gasteiger partial charge >= 0.3 is 5.97 Å². The highest BCUT2D eigenvalue weighted by atomic mass is 35.5. The van der Waals surface area contributed by atoms with Crippen molar-refractivity contribution < 1.29 is 14.6 Å². The number of aliphatic carboxylic acids is 1. The lowest BCUT2D eigenvalue weighted by molar-refractivity contribution is -0.145. The molecular formula is C11H13ClO3. The Morgan fingerprint density at radius 1 is 1.60 bits per heavy atom. The minimum atomic E-state index is -0.952. The molecule has 15 heavy (non-hydrogen) atoms. The molecule has 0 bridgehead atoms. The number of ether oxygens (including phenoxy) is 1. The monoisotopic (exact) mass is 228 g/mol. The predicted octanol–water partition coefficient (Wildman–Crippen LogP) is 2.89. The van der Waals surface area contributed by atoms with Crippen LogP contribution in [0.1, 0.15) is 18.9 Å². The standard InChI is InChI=1S/C11H13ClO3/c1-3-9(11(13)14)15-10-5-4-8(12)6-7(10)2/h4-6,9H,3H2,1-2H3,(H,13,14)/t9-/m1/s1. The van der Waals surface area contributed by atoms with Gasteiger partial charge in [-0.1, -0.05) is 18.5 Å². The Balaban J connectivity index is 2.84. The molecule has 4 heteroatoms. The fourth-order valence-electron chi connectivity index (χ4n) is 1.21. The Kier molecular flexibility index (Phi) is 3.97. The Morgan fingerprint density at radius 2 is 2.27 bits per heavy atom. The lowest BCUT2D eigenvalue weighted by Gasteiger charge is -2.14. The molecule has 1 N–H and O–H groups in total. The molecule has 0 aromatic heterocycles. The molecule has 0 spiro atoms. The summed E-state index contributed by atoms with van der Waals surface area (Å²) in [5, 5.41) is 9.44. The Labute approximate surface area is 93.6 Å². The molecule has 3 nitrogen and oxygen atoms in total. The molecule has 0 aliphatic rings. The zero-order valence-electron chi connectivity index (χ0n) is 8.66. The first-order valence-corrected chi connectivity index (χ1v) is 5.08. The molecule has 1 rings (SSSR count). The molecule has 1 aromatic rings. The highest BCUT2D eigenvalue weighted by molar-refractivity contribution is 6.30. The van der Waals surface area contributed by atoms with Crippen molar-refractivity contribution in [3.63, 3.8) is 0 Å². The number of aryl methyl sites for hydroxylation is 1. The number of hydrogen-bond acceptors (Lipinski definition) is 2. The lowest BCUT2D eigenvalue weighted by atomic mass is 10.2. The summed E-state index contributed by atoms with van der Waals surface area (Å²) < 4.78 is 5.35. The van der Waals surface area contributed by atoms with Crippen molar-refractivity contribution in [2.24, 2.45) is 0 Å².